The molecule has 1 aliphatic heterocycles. The highest BCUT2D eigenvalue weighted by Crippen LogP contribution is 2.35. The SMILES string of the molecule is CC1(C(=O)NCc2ccc(F)cc2)CCCN(S(=O)(=O)c2ccc(Br)s2)C1. The van der Waals surface area contributed by atoms with Gasteiger partial charge in [-0.3, -0.25) is 4.79 Å². The van der Waals surface area contributed by atoms with Crippen LogP contribution >= 0.6 is 27.3 Å². The smallest absolute Gasteiger partial charge is 0.252 e. The highest BCUT2D eigenvalue weighted by atomic mass is 79.9. The summed E-state index contributed by atoms with van der Waals surface area (Å²) in [6.45, 7) is 2.61. The van der Waals surface area contributed by atoms with Crippen molar-refractivity contribution < 1.29 is 17.6 Å². The number of thiophene rings is 1. The quantitative estimate of drug-likeness (QED) is 0.717. The molecular formula is C18H20BrFN2O3S2. The first-order valence-corrected chi connectivity index (χ1v) is 11.5. The van der Waals surface area contributed by atoms with Gasteiger partial charge in [0.25, 0.3) is 10.0 Å². The number of halogens is 2. The van der Waals surface area contributed by atoms with Gasteiger partial charge in [-0.15, -0.1) is 11.3 Å². The Labute approximate surface area is 170 Å². The van der Waals surface area contributed by atoms with Crippen LogP contribution in [0, 0.1) is 11.2 Å². The van der Waals surface area contributed by atoms with Gasteiger partial charge in [-0.2, -0.15) is 4.31 Å². The van der Waals surface area contributed by atoms with E-state index in [2.05, 4.69) is 21.2 Å². The van der Waals surface area contributed by atoms with E-state index >= 15 is 0 Å². The Morgan fingerprint density at radius 3 is 2.63 bits per heavy atom. The second-order valence-electron chi connectivity index (χ2n) is 6.87. The van der Waals surface area contributed by atoms with E-state index in [0.29, 0.717) is 19.4 Å². The van der Waals surface area contributed by atoms with Crippen molar-refractivity contribution in [3.63, 3.8) is 0 Å². The van der Waals surface area contributed by atoms with Gasteiger partial charge >= 0.3 is 0 Å². The van der Waals surface area contributed by atoms with E-state index in [1.54, 1.807) is 31.2 Å². The number of sulfonamides is 1. The molecule has 1 amide bonds. The topological polar surface area (TPSA) is 66.5 Å². The third-order valence-electron chi connectivity index (χ3n) is 4.72. The lowest BCUT2D eigenvalue weighted by Gasteiger charge is -2.38. The monoisotopic (exact) mass is 474 g/mol. The van der Waals surface area contributed by atoms with Crippen molar-refractivity contribution in [3.8, 4) is 0 Å². The molecule has 3 rings (SSSR count). The first kappa shape index (κ1) is 20.4. The van der Waals surface area contributed by atoms with Crippen molar-refractivity contribution >= 4 is 43.2 Å². The Hall–Kier alpha value is -1.29. The molecule has 27 heavy (non-hydrogen) atoms. The molecule has 0 aliphatic carbocycles. The Bertz CT molecular complexity index is 930. The number of carbonyl (C=O) groups excluding carboxylic acids is 1. The highest BCUT2D eigenvalue weighted by Gasteiger charge is 2.42. The molecule has 1 aromatic carbocycles. The highest BCUT2D eigenvalue weighted by molar-refractivity contribution is 9.11. The third-order valence-corrected chi connectivity index (χ3v) is 8.65. The van der Waals surface area contributed by atoms with Gasteiger partial charge in [0.2, 0.25) is 5.91 Å². The Morgan fingerprint density at radius 1 is 1.30 bits per heavy atom. The van der Waals surface area contributed by atoms with Crippen LogP contribution in [0.3, 0.4) is 0 Å². The maximum absolute atomic E-state index is 13.0. The summed E-state index contributed by atoms with van der Waals surface area (Å²) in [6, 6.07) is 9.20. The summed E-state index contributed by atoms with van der Waals surface area (Å²) in [4.78, 5) is 12.8. The van der Waals surface area contributed by atoms with Crippen molar-refractivity contribution in [3.05, 3.63) is 51.6 Å². The van der Waals surface area contributed by atoms with Crippen LogP contribution in [0.4, 0.5) is 4.39 Å². The molecule has 1 fully saturated rings. The number of amides is 1. The average molecular weight is 475 g/mol. The van der Waals surface area contributed by atoms with Crippen LogP contribution in [0.2, 0.25) is 0 Å². The maximum atomic E-state index is 13.0. The first-order chi connectivity index (χ1) is 12.7. The van der Waals surface area contributed by atoms with Crippen molar-refractivity contribution in [1.82, 2.24) is 9.62 Å². The standard InChI is InChI=1S/C18H20BrFN2O3S2/c1-18(17(23)21-11-13-3-5-14(20)6-4-13)9-2-10-22(12-18)27(24,25)16-8-7-15(19)26-16/h3-8H,2,9-12H2,1H3,(H,21,23). The minimum absolute atomic E-state index is 0.139. The van der Waals surface area contributed by atoms with Crippen LogP contribution in [0.25, 0.3) is 0 Å². The lowest BCUT2D eigenvalue weighted by Crippen LogP contribution is -2.51. The van der Waals surface area contributed by atoms with Crippen LogP contribution in [-0.4, -0.2) is 31.7 Å². The fourth-order valence-electron chi connectivity index (χ4n) is 3.14. The zero-order valence-electron chi connectivity index (χ0n) is 14.7. The maximum Gasteiger partial charge on any atom is 0.252 e. The predicted molar refractivity (Wildman–Crippen MR) is 106 cm³/mol. The zero-order valence-corrected chi connectivity index (χ0v) is 18.0. The largest absolute Gasteiger partial charge is 0.352 e. The van der Waals surface area contributed by atoms with E-state index in [1.807, 2.05) is 0 Å². The minimum atomic E-state index is -3.62. The Balaban J connectivity index is 1.69. The second kappa shape index (κ2) is 7.98. The summed E-state index contributed by atoms with van der Waals surface area (Å²) >= 11 is 4.45. The molecule has 146 valence electrons. The van der Waals surface area contributed by atoms with Crippen LogP contribution in [-0.2, 0) is 21.4 Å². The van der Waals surface area contributed by atoms with E-state index < -0.39 is 15.4 Å². The van der Waals surface area contributed by atoms with E-state index in [4.69, 9.17) is 0 Å². The van der Waals surface area contributed by atoms with Crippen molar-refractivity contribution in [1.29, 1.82) is 0 Å². The summed E-state index contributed by atoms with van der Waals surface area (Å²) in [5.74, 6) is -0.524. The van der Waals surface area contributed by atoms with E-state index in [0.717, 1.165) is 20.7 Å². The number of nitrogens with zero attached hydrogens (tertiary/aromatic N) is 1. The molecule has 1 atom stereocenters. The van der Waals surface area contributed by atoms with Crippen LogP contribution in [0.5, 0.6) is 0 Å². The van der Waals surface area contributed by atoms with Crippen LogP contribution in [0.15, 0.2) is 44.4 Å². The Kier molecular flexibility index (Phi) is 6.05. The molecule has 0 saturated carbocycles. The van der Waals surface area contributed by atoms with Crippen LogP contribution in [0.1, 0.15) is 25.3 Å². The molecule has 1 N–H and O–H groups in total. The molecule has 5 nitrogen and oxygen atoms in total. The molecule has 2 aromatic rings. The van der Waals surface area contributed by atoms with E-state index in [1.165, 1.54) is 16.4 Å². The fourth-order valence-corrected chi connectivity index (χ4v) is 6.91. The summed E-state index contributed by atoms with van der Waals surface area (Å²) in [5, 5.41) is 2.86. The second-order valence-corrected chi connectivity index (χ2v) is 11.5. The number of hydrogen-bond acceptors (Lipinski definition) is 4. The van der Waals surface area contributed by atoms with Gasteiger partial charge in [0.05, 0.1) is 9.20 Å². The number of benzene rings is 1. The molecule has 1 aromatic heterocycles. The molecule has 2 heterocycles. The lowest BCUT2D eigenvalue weighted by atomic mass is 9.82. The molecule has 1 unspecified atom stereocenters. The molecular weight excluding hydrogens is 455 g/mol. The molecule has 0 bridgehead atoms. The predicted octanol–water partition coefficient (Wildman–Crippen LogP) is 3.76. The number of piperidine rings is 1. The molecule has 9 heteroatoms. The molecule has 1 aliphatic rings. The average Bonchev–Trinajstić information content (AvgIpc) is 3.08. The number of rotatable bonds is 5. The van der Waals surface area contributed by atoms with Gasteiger partial charge < -0.3 is 5.32 Å². The normalized spacial score (nSPS) is 21.1. The van der Waals surface area contributed by atoms with Gasteiger partial charge in [-0.25, -0.2) is 12.8 Å². The van der Waals surface area contributed by atoms with E-state index in [-0.39, 0.29) is 29.0 Å². The summed E-state index contributed by atoms with van der Waals surface area (Å²) in [6.07, 6.45) is 1.23. The van der Waals surface area contributed by atoms with Gasteiger partial charge in [-0.1, -0.05) is 12.1 Å². The fraction of sp³-hybridized carbons (Fsp3) is 0.389. The first-order valence-electron chi connectivity index (χ1n) is 8.49. The summed E-state index contributed by atoms with van der Waals surface area (Å²) < 4.78 is 41.1. The zero-order chi connectivity index (χ0) is 19.7. The number of hydrogen-bond donors (Lipinski definition) is 1. The van der Waals surface area contributed by atoms with Gasteiger partial charge in [0.1, 0.15) is 10.0 Å². The molecule has 0 spiro atoms. The number of carbonyl (C=O) groups is 1. The summed E-state index contributed by atoms with van der Waals surface area (Å²) in [5.41, 5.74) is -0.0168. The number of nitrogens with one attached hydrogen (secondary N) is 1. The van der Waals surface area contributed by atoms with Crippen molar-refractivity contribution in [2.75, 3.05) is 13.1 Å². The van der Waals surface area contributed by atoms with Crippen molar-refractivity contribution in [2.24, 2.45) is 5.41 Å². The van der Waals surface area contributed by atoms with Crippen molar-refractivity contribution in [2.45, 2.75) is 30.5 Å². The van der Waals surface area contributed by atoms with Crippen LogP contribution < -0.4 is 5.32 Å². The van der Waals surface area contributed by atoms with Gasteiger partial charge in [0.15, 0.2) is 0 Å². The van der Waals surface area contributed by atoms with Gasteiger partial charge in [0, 0.05) is 19.6 Å². The molecule has 0 radical (unpaired) electrons. The van der Waals surface area contributed by atoms with E-state index in [9.17, 15) is 17.6 Å². The summed E-state index contributed by atoms with van der Waals surface area (Å²) in [7, 11) is -3.62. The molecule has 1 saturated heterocycles. The third kappa shape index (κ3) is 4.59. The Morgan fingerprint density at radius 2 is 2.00 bits per heavy atom. The lowest BCUT2D eigenvalue weighted by molar-refractivity contribution is -0.132. The minimum Gasteiger partial charge on any atom is -0.352 e. The van der Waals surface area contributed by atoms with Gasteiger partial charge in [-0.05, 0) is 65.5 Å².